The van der Waals surface area contributed by atoms with E-state index in [0.717, 1.165) is 50.0 Å². The molecule has 2 aliphatic carbocycles. The summed E-state index contributed by atoms with van der Waals surface area (Å²) in [7, 11) is 4.05. The van der Waals surface area contributed by atoms with Crippen LogP contribution in [0.15, 0.2) is 24.3 Å². The minimum Gasteiger partial charge on any atom is -0.362 e. The number of aromatic nitrogens is 2. The summed E-state index contributed by atoms with van der Waals surface area (Å²) in [6, 6.07) is 5.90. The van der Waals surface area contributed by atoms with Crippen LogP contribution in [-0.2, 0) is 12.8 Å². The zero-order valence-corrected chi connectivity index (χ0v) is 19.1. The molecule has 0 saturated heterocycles. The number of nitro benzene ring substituents is 1. The smallest absolute Gasteiger partial charge is 0.319 e. The van der Waals surface area contributed by atoms with E-state index in [1.807, 2.05) is 14.1 Å². The van der Waals surface area contributed by atoms with Crippen molar-refractivity contribution in [2.75, 3.05) is 29.6 Å². The maximum absolute atomic E-state index is 12.3. The van der Waals surface area contributed by atoms with Crippen LogP contribution in [0.2, 0.25) is 0 Å². The van der Waals surface area contributed by atoms with Crippen LogP contribution in [0.1, 0.15) is 49.8 Å². The summed E-state index contributed by atoms with van der Waals surface area (Å²) in [4.78, 5) is 34.4. The van der Waals surface area contributed by atoms with Crippen LogP contribution >= 0.6 is 0 Å². The molecule has 0 radical (unpaired) electrons. The lowest BCUT2D eigenvalue weighted by Gasteiger charge is -2.30. The number of anilines is 3. The van der Waals surface area contributed by atoms with Crippen molar-refractivity contribution in [2.24, 2.45) is 0 Å². The van der Waals surface area contributed by atoms with Gasteiger partial charge in [0.1, 0.15) is 5.82 Å². The lowest BCUT2D eigenvalue weighted by molar-refractivity contribution is -0.384. The first-order chi connectivity index (χ1) is 15.9. The highest BCUT2D eigenvalue weighted by molar-refractivity contribution is 5.89. The highest BCUT2D eigenvalue weighted by atomic mass is 16.6. The van der Waals surface area contributed by atoms with E-state index >= 15 is 0 Å². The zero-order valence-electron chi connectivity index (χ0n) is 19.1. The Morgan fingerprint density at radius 1 is 1.09 bits per heavy atom. The average Bonchev–Trinajstić information content (AvgIpc) is 2.80. The number of rotatable bonds is 6. The molecule has 0 unspecified atom stereocenters. The van der Waals surface area contributed by atoms with Gasteiger partial charge in [-0.1, -0.05) is 6.07 Å². The molecule has 2 aliphatic rings. The van der Waals surface area contributed by atoms with Crippen molar-refractivity contribution in [3.05, 3.63) is 45.6 Å². The van der Waals surface area contributed by atoms with Crippen molar-refractivity contribution >= 4 is 29.2 Å². The number of amides is 2. The predicted molar refractivity (Wildman–Crippen MR) is 128 cm³/mol. The Hall–Kier alpha value is -3.43. The summed E-state index contributed by atoms with van der Waals surface area (Å²) < 4.78 is 0. The molecule has 176 valence electrons. The minimum absolute atomic E-state index is 0.0544. The fraction of sp³-hybridized carbons (Fsp3) is 0.522. The number of nitrogens with one attached hydrogen (secondary N) is 3. The fourth-order valence-corrected chi connectivity index (χ4v) is 4.62. The highest BCUT2D eigenvalue weighted by Gasteiger charge is 2.25. The number of nitrogens with zero attached hydrogens (tertiary/aromatic N) is 4. The number of aryl methyl sites for hydroxylation is 1. The molecular weight excluding hydrogens is 422 g/mol. The maximum Gasteiger partial charge on any atom is 0.319 e. The molecule has 4 rings (SSSR count). The van der Waals surface area contributed by atoms with E-state index in [1.54, 1.807) is 12.1 Å². The monoisotopic (exact) mass is 453 g/mol. The Bertz CT molecular complexity index is 1020. The molecule has 0 spiro atoms. The van der Waals surface area contributed by atoms with Crippen LogP contribution in [-0.4, -0.2) is 47.1 Å². The zero-order chi connectivity index (χ0) is 23.4. The van der Waals surface area contributed by atoms with E-state index in [0.29, 0.717) is 11.6 Å². The number of fused-ring (bicyclic) bond motifs is 1. The Morgan fingerprint density at radius 3 is 2.55 bits per heavy atom. The molecule has 1 saturated carbocycles. The molecule has 3 N–H and O–H groups in total. The quantitative estimate of drug-likeness (QED) is 0.448. The molecule has 1 aromatic heterocycles. The van der Waals surface area contributed by atoms with Gasteiger partial charge >= 0.3 is 6.03 Å². The first kappa shape index (κ1) is 22.8. The Kier molecular flexibility index (Phi) is 6.90. The van der Waals surface area contributed by atoms with Gasteiger partial charge < -0.3 is 20.9 Å². The average molecular weight is 454 g/mol. The van der Waals surface area contributed by atoms with Crippen LogP contribution < -0.4 is 20.9 Å². The number of hydrogen-bond acceptors (Lipinski definition) is 7. The Labute approximate surface area is 193 Å². The number of urea groups is 1. The van der Waals surface area contributed by atoms with E-state index in [-0.39, 0.29) is 23.8 Å². The Morgan fingerprint density at radius 2 is 1.82 bits per heavy atom. The summed E-state index contributed by atoms with van der Waals surface area (Å²) >= 11 is 0. The summed E-state index contributed by atoms with van der Waals surface area (Å²) in [6.45, 7) is 0. The first-order valence-electron chi connectivity index (χ1n) is 11.5. The molecule has 0 aliphatic heterocycles. The van der Waals surface area contributed by atoms with Gasteiger partial charge in [-0.3, -0.25) is 10.1 Å². The van der Waals surface area contributed by atoms with Gasteiger partial charge in [-0.05, 0) is 57.4 Å². The topological polar surface area (TPSA) is 125 Å². The second-order valence-corrected chi connectivity index (χ2v) is 9.00. The van der Waals surface area contributed by atoms with Crippen LogP contribution in [0.4, 0.5) is 27.9 Å². The largest absolute Gasteiger partial charge is 0.362 e. The van der Waals surface area contributed by atoms with Gasteiger partial charge in [0.15, 0.2) is 0 Å². The molecule has 0 bridgehead atoms. The van der Waals surface area contributed by atoms with Gasteiger partial charge in [0.05, 0.1) is 10.6 Å². The van der Waals surface area contributed by atoms with Crippen LogP contribution in [0.5, 0.6) is 0 Å². The van der Waals surface area contributed by atoms with Crippen molar-refractivity contribution in [2.45, 2.75) is 63.5 Å². The molecule has 1 aromatic carbocycles. The van der Waals surface area contributed by atoms with Crippen molar-refractivity contribution in [1.29, 1.82) is 0 Å². The second-order valence-electron chi connectivity index (χ2n) is 9.00. The molecular formula is C23H31N7O3. The second kappa shape index (κ2) is 10.0. The van der Waals surface area contributed by atoms with Gasteiger partial charge in [-0.15, -0.1) is 0 Å². The molecule has 2 amide bonds. The number of nitro groups is 1. The van der Waals surface area contributed by atoms with Crippen LogP contribution in [0, 0.1) is 10.1 Å². The first-order valence-corrected chi connectivity index (χ1v) is 11.5. The van der Waals surface area contributed by atoms with Crippen LogP contribution in [0.3, 0.4) is 0 Å². The minimum atomic E-state index is -0.481. The van der Waals surface area contributed by atoms with E-state index in [1.165, 1.54) is 30.5 Å². The summed E-state index contributed by atoms with van der Waals surface area (Å²) in [5.74, 6) is 1.70. The van der Waals surface area contributed by atoms with E-state index in [4.69, 9.17) is 9.97 Å². The summed E-state index contributed by atoms with van der Waals surface area (Å²) in [6.07, 6.45) is 7.89. The number of carbonyl (C=O) groups is 1. The number of non-ortho nitro benzene ring substituents is 1. The molecule has 10 heteroatoms. The number of carbonyl (C=O) groups excluding carboxylic acids is 1. The molecule has 2 aromatic rings. The lowest BCUT2D eigenvalue weighted by atomic mass is 9.91. The van der Waals surface area contributed by atoms with Gasteiger partial charge in [0.25, 0.3) is 5.69 Å². The van der Waals surface area contributed by atoms with E-state index in [2.05, 4.69) is 20.9 Å². The number of hydrogen-bond donors (Lipinski definition) is 3. The molecule has 10 nitrogen and oxygen atoms in total. The standard InChI is InChI=1S/C23H31N7O3/c1-29(2)21-19-8-3-4-9-20(19)27-22(28-21)24-15-10-12-16(13-11-15)25-23(31)26-17-6-5-7-18(14-17)30(32)33/h5-7,14-16H,3-4,8-13H2,1-2H3,(H,24,27,28)(H2,25,26,31)/t15-,16+. The van der Waals surface area contributed by atoms with E-state index in [9.17, 15) is 14.9 Å². The molecule has 33 heavy (non-hydrogen) atoms. The lowest BCUT2D eigenvalue weighted by Crippen LogP contribution is -2.42. The van der Waals surface area contributed by atoms with Gasteiger partial charge in [0.2, 0.25) is 5.95 Å². The molecule has 0 atom stereocenters. The summed E-state index contributed by atoms with van der Waals surface area (Å²) in [5.41, 5.74) is 2.79. The number of benzene rings is 1. The van der Waals surface area contributed by atoms with Crippen molar-refractivity contribution < 1.29 is 9.72 Å². The van der Waals surface area contributed by atoms with Crippen LogP contribution in [0.25, 0.3) is 0 Å². The molecule has 1 fully saturated rings. The maximum atomic E-state index is 12.3. The SMILES string of the molecule is CN(C)c1nc(N[C@H]2CC[C@@H](NC(=O)Nc3cccc([N+](=O)[O-])c3)CC2)nc2c1CCCC2. The molecule has 1 heterocycles. The van der Waals surface area contributed by atoms with E-state index < -0.39 is 4.92 Å². The van der Waals surface area contributed by atoms with Gasteiger partial charge in [0, 0.05) is 49.6 Å². The Balaban J connectivity index is 1.29. The van der Waals surface area contributed by atoms with Gasteiger partial charge in [-0.25, -0.2) is 9.78 Å². The van der Waals surface area contributed by atoms with Crippen molar-refractivity contribution in [3.8, 4) is 0 Å². The third kappa shape index (κ3) is 5.68. The normalized spacial score (nSPS) is 19.8. The van der Waals surface area contributed by atoms with Crippen molar-refractivity contribution in [1.82, 2.24) is 15.3 Å². The van der Waals surface area contributed by atoms with Crippen molar-refractivity contribution in [3.63, 3.8) is 0 Å². The third-order valence-electron chi connectivity index (χ3n) is 6.30. The highest BCUT2D eigenvalue weighted by Crippen LogP contribution is 2.29. The fourth-order valence-electron chi connectivity index (χ4n) is 4.62. The van der Waals surface area contributed by atoms with Gasteiger partial charge in [-0.2, -0.15) is 4.98 Å². The predicted octanol–water partition coefficient (Wildman–Crippen LogP) is 3.87. The third-order valence-corrected chi connectivity index (χ3v) is 6.30. The summed E-state index contributed by atoms with van der Waals surface area (Å²) in [5, 5.41) is 20.1.